The van der Waals surface area contributed by atoms with Gasteiger partial charge in [0.2, 0.25) is 0 Å². The molecule has 0 aliphatic carbocycles. The smallest absolute Gasteiger partial charge is 0.137 e. The molecule has 0 fully saturated rings. The molecule has 1 rings (SSSR count). The molecule has 0 aromatic heterocycles. The highest BCUT2D eigenvalue weighted by atomic mass is 35.5. The van der Waals surface area contributed by atoms with Gasteiger partial charge in [0.25, 0.3) is 0 Å². The molecule has 0 aliphatic rings. The van der Waals surface area contributed by atoms with E-state index >= 15 is 0 Å². The Labute approximate surface area is 75.3 Å². The summed E-state index contributed by atoms with van der Waals surface area (Å²) in [6.45, 7) is 0. The summed E-state index contributed by atoms with van der Waals surface area (Å²) in [6.07, 6.45) is -1.10. The highest BCUT2D eigenvalue weighted by molar-refractivity contribution is 6.31. The van der Waals surface area contributed by atoms with E-state index in [4.69, 9.17) is 22.7 Å². The molecule has 4 N–H and O–H groups in total. The van der Waals surface area contributed by atoms with E-state index in [9.17, 15) is 5.11 Å². The normalized spacial score (nSPS) is 12.5. The van der Waals surface area contributed by atoms with Gasteiger partial charge in [0.1, 0.15) is 11.9 Å². The monoisotopic (exact) mass is 184 g/mol. The van der Waals surface area contributed by atoms with Gasteiger partial charge in [-0.15, -0.1) is 0 Å². The zero-order valence-corrected chi connectivity index (χ0v) is 7.05. The highest BCUT2D eigenvalue weighted by Crippen LogP contribution is 2.21. The topological polar surface area (TPSA) is 70.1 Å². The van der Waals surface area contributed by atoms with Gasteiger partial charge in [-0.2, -0.15) is 0 Å². The Kier molecular flexibility index (Phi) is 2.68. The van der Waals surface area contributed by atoms with Gasteiger partial charge in [0, 0.05) is 10.6 Å². The molecule has 12 heavy (non-hydrogen) atoms. The summed E-state index contributed by atoms with van der Waals surface area (Å²) in [7, 11) is 0. The van der Waals surface area contributed by atoms with Crippen LogP contribution < -0.4 is 5.73 Å². The van der Waals surface area contributed by atoms with Gasteiger partial charge in [-0.25, -0.2) is 0 Å². The largest absolute Gasteiger partial charge is 0.385 e. The van der Waals surface area contributed by atoms with Crippen LogP contribution in [0.3, 0.4) is 0 Å². The van der Waals surface area contributed by atoms with Gasteiger partial charge in [-0.1, -0.05) is 29.8 Å². The molecule has 1 aromatic carbocycles. The lowest BCUT2D eigenvalue weighted by Crippen LogP contribution is -2.20. The van der Waals surface area contributed by atoms with Crippen molar-refractivity contribution in [1.82, 2.24) is 0 Å². The Morgan fingerprint density at radius 3 is 2.58 bits per heavy atom. The van der Waals surface area contributed by atoms with Crippen molar-refractivity contribution in [2.45, 2.75) is 6.10 Å². The second-order valence-corrected chi connectivity index (χ2v) is 2.79. The zero-order valence-electron chi connectivity index (χ0n) is 6.29. The average Bonchev–Trinajstić information content (AvgIpc) is 2.04. The number of benzene rings is 1. The Morgan fingerprint density at radius 2 is 2.08 bits per heavy atom. The summed E-state index contributed by atoms with van der Waals surface area (Å²) in [5.74, 6) is -0.303. The van der Waals surface area contributed by atoms with E-state index in [2.05, 4.69) is 0 Å². The van der Waals surface area contributed by atoms with E-state index in [0.29, 0.717) is 10.6 Å². The predicted octanol–water partition coefficient (Wildman–Crippen LogP) is 1.31. The molecule has 3 nitrogen and oxygen atoms in total. The molecule has 0 amide bonds. The molecule has 64 valence electrons. The van der Waals surface area contributed by atoms with Gasteiger partial charge in [0.15, 0.2) is 0 Å². The maximum atomic E-state index is 9.34. The number of aliphatic hydroxyl groups excluding tert-OH is 1. The van der Waals surface area contributed by atoms with Crippen LogP contribution >= 0.6 is 11.6 Å². The number of amidine groups is 1. The number of nitrogens with two attached hydrogens (primary N) is 1. The SMILES string of the molecule is N=C(N)[C@@H](O)c1ccccc1Cl. The van der Waals surface area contributed by atoms with Crippen molar-refractivity contribution in [3.8, 4) is 0 Å². The molecular weight excluding hydrogens is 176 g/mol. The summed E-state index contributed by atoms with van der Waals surface area (Å²) in [6, 6.07) is 6.75. The third-order valence-electron chi connectivity index (χ3n) is 1.49. The standard InChI is InChI=1S/C8H9ClN2O/c9-6-4-2-1-3-5(6)7(12)8(10)11/h1-4,7,12H,(H3,10,11)/t7-/m0/s1. The maximum absolute atomic E-state index is 9.34. The predicted molar refractivity (Wildman–Crippen MR) is 48.3 cm³/mol. The Bertz CT molecular complexity index is 301. The van der Waals surface area contributed by atoms with E-state index in [0.717, 1.165) is 0 Å². The molecule has 1 atom stereocenters. The Hall–Kier alpha value is -1.06. The summed E-state index contributed by atoms with van der Waals surface area (Å²) in [5.41, 5.74) is 5.58. The first-order valence-corrected chi connectivity index (χ1v) is 3.77. The third-order valence-corrected chi connectivity index (χ3v) is 1.84. The molecular formula is C8H9ClN2O. The van der Waals surface area contributed by atoms with Crippen molar-refractivity contribution in [2.24, 2.45) is 5.73 Å². The number of hydrogen-bond donors (Lipinski definition) is 3. The fourth-order valence-corrected chi connectivity index (χ4v) is 1.10. The minimum atomic E-state index is -1.10. The number of hydrogen-bond acceptors (Lipinski definition) is 2. The lowest BCUT2D eigenvalue weighted by Gasteiger charge is -2.09. The highest BCUT2D eigenvalue weighted by Gasteiger charge is 2.12. The summed E-state index contributed by atoms with van der Waals surface area (Å²) in [4.78, 5) is 0. The first-order chi connectivity index (χ1) is 5.63. The molecule has 0 unspecified atom stereocenters. The van der Waals surface area contributed by atoms with Crippen molar-refractivity contribution in [1.29, 1.82) is 5.41 Å². The third kappa shape index (κ3) is 1.75. The molecule has 0 saturated carbocycles. The summed E-state index contributed by atoms with van der Waals surface area (Å²) >= 11 is 5.75. The molecule has 0 saturated heterocycles. The van der Waals surface area contributed by atoms with Crippen molar-refractivity contribution < 1.29 is 5.11 Å². The van der Waals surface area contributed by atoms with Crippen LogP contribution in [-0.4, -0.2) is 10.9 Å². The van der Waals surface area contributed by atoms with Crippen LogP contribution in [0.5, 0.6) is 0 Å². The first kappa shape index (κ1) is 9.03. The number of nitrogens with one attached hydrogen (secondary N) is 1. The van der Waals surface area contributed by atoms with Crippen molar-refractivity contribution in [3.63, 3.8) is 0 Å². The van der Waals surface area contributed by atoms with Gasteiger partial charge in [-0.3, -0.25) is 5.41 Å². The Morgan fingerprint density at radius 1 is 1.50 bits per heavy atom. The number of rotatable bonds is 2. The van der Waals surface area contributed by atoms with Gasteiger partial charge in [-0.05, 0) is 6.07 Å². The Balaban J connectivity index is 3.02. The van der Waals surface area contributed by atoms with E-state index in [1.807, 2.05) is 0 Å². The van der Waals surface area contributed by atoms with Crippen LogP contribution in [0.2, 0.25) is 5.02 Å². The van der Waals surface area contributed by atoms with Crippen LogP contribution in [0, 0.1) is 5.41 Å². The quantitative estimate of drug-likeness (QED) is 0.479. The molecule has 0 aliphatic heterocycles. The van der Waals surface area contributed by atoms with Crippen LogP contribution in [0.15, 0.2) is 24.3 Å². The van der Waals surface area contributed by atoms with Gasteiger partial charge >= 0.3 is 0 Å². The molecule has 0 radical (unpaired) electrons. The summed E-state index contributed by atoms with van der Waals surface area (Å²) < 4.78 is 0. The van der Waals surface area contributed by atoms with Crippen LogP contribution in [0.4, 0.5) is 0 Å². The fraction of sp³-hybridized carbons (Fsp3) is 0.125. The number of halogens is 1. The van der Waals surface area contributed by atoms with Crippen molar-refractivity contribution in [2.75, 3.05) is 0 Å². The van der Waals surface area contributed by atoms with E-state index < -0.39 is 6.10 Å². The van der Waals surface area contributed by atoms with Gasteiger partial charge in [0.05, 0.1) is 0 Å². The van der Waals surface area contributed by atoms with Crippen LogP contribution in [0.25, 0.3) is 0 Å². The fourth-order valence-electron chi connectivity index (χ4n) is 0.864. The molecule has 0 bridgehead atoms. The van der Waals surface area contributed by atoms with E-state index in [1.165, 1.54) is 0 Å². The number of aliphatic hydroxyl groups is 1. The molecule has 0 heterocycles. The zero-order chi connectivity index (χ0) is 9.14. The van der Waals surface area contributed by atoms with Crippen molar-refractivity contribution >= 4 is 17.4 Å². The minimum absolute atomic E-state index is 0.303. The second-order valence-electron chi connectivity index (χ2n) is 2.38. The minimum Gasteiger partial charge on any atom is -0.385 e. The average molecular weight is 185 g/mol. The molecule has 4 heteroatoms. The molecule has 1 aromatic rings. The maximum Gasteiger partial charge on any atom is 0.137 e. The summed E-state index contributed by atoms with van der Waals surface area (Å²) in [5, 5.41) is 16.8. The van der Waals surface area contributed by atoms with E-state index in [-0.39, 0.29) is 5.84 Å². The van der Waals surface area contributed by atoms with Crippen LogP contribution in [-0.2, 0) is 0 Å². The van der Waals surface area contributed by atoms with E-state index in [1.54, 1.807) is 24.3 Å². The lowest BCUT2D eigenvalue weighted by molar-refractivity contribution is 0.245. The lowest BCUT2D eigenvalue weighted by atomic mass is 10.1. The van der Waals surface area contributed by atoms with Gasteiger partial charge < -0.3 is 10.8 Å². The van der Waals surface area contributed by atoms with Crippen molar-refractivity contribution in [3.05, 3.63) is 34.9 Å². The second kappa shape index (κ2) is 3.56. The molecule has 0 spiro atoms. The van der Waals surface area contributed by atoms with Crippen LogP contribution in [0.1, 0.15) is 11.7 Å². The first-order valence-electron chi connectivity index (χ1n) is 3.39.